The molecule has 0 aliphatic carbocycles. The SMILES string of the molecule is C=CCOCCNS(=O)(=O)c1ccc(CN)cc1. The summed E-state index contributed by atoms with van der Waals surface area (Å²) in [6.07, 6.45) is 1.61. The van der Waals surface area contributed by atoms with Crippen LogP contribution in [-0.4, -0.2) is 28.2 Å². The zero-order valence-electron chi connectivity index (χ0n) is 10.1. The van der Waals surface area contributed by atoms with Gasteiger partial charge in [-0.3, -0.25) is 0 Å². The largest absolute Gasteiger partial charge is 0.376 e. The lowest BCUT2D eigenvalue weighted by atomic mass is 10.2. The van der Waals surface area contributed by atoms with Gasteiger partial charge in [0.05, 0.1) is 18.1 Å². The number of hydrogen-bond donors (Lipinski definition) is 2. The first-order valence-corrected chi connectivity index (χ1v) is 7.06. The molecule has 3 N–H and O–H groups in total. The second-order valence-corrected chi connectivity index (χ2v) is 5.38. The number of nitrogens with two attached hydrogens (primary N) is 1. The van der Waals surface area contributed by atoms with E-state index in [2.05, 4.69) is 11.3 Å². The molecule has 0 amide bonds. The van der Waals surface area contributed by atoms with E-state index >= 15 is 0 Å². The standard InChI is InChI=1S/C12H18N2O3S/c1-2-8-17-9-7-14-18(15,16)12-5-3-11(10-13)4-6-12/h2-6,14H,1,7-10,13H2. The van der Waals surface area contributed by atoms with Crippen LogP contribution in [0.2, 0.25) is 0 Å². The summed E-state index contributed by atoms with van der Waals surface area (Å²) in [5, 5.41) is 0. The number of nitrogens with one attached hydrogen (secondary N) is 1. The Morgan fingerprint density at radius 3 is 2.56 bits per heavy atom. The molecule has 0 aliphatic rings. The lowest BCUT2D eigenvalue weighted by Crippen LogP contribution is -2.27. The Bertz CT molecular complexity index is 469. The fraction of sp³-hybridized carbons (Fsp3) is 0.333. The summed E-state index contributed by atoms with van der Waals surface area (Å²) >= 11 is 0. The van der Waals surface area contributed by atoms with E-state index in [0.29, 0.717) is 19.8 Å². The molecule has 0 aliphatic heterocycles. The van der Waals surface area contributed by atoms with E-state index in [-0.39, 0.29) is 11.4 Å². The molecule has 5 nitrogen and oxygen atoms in total. The average Bonchev–Trinajstić information content (AvgIpc) is 2.38. The number of hydrogen-bond acceptors (Lipinski definition) is 4. The Balaban J connectivity index is 2.54. The van der Waals surface area contributed by atoms with Gasteiger partial charge in [0, 0.05) is 13.1 Å². The van der Waals surface area contributed by atoms with E-state index in [1.54, 1.807) is 18.2 Å². The van der Waals surface area contributed by atoms with Crippen molar-refractivity contribution >= 4 is 10.0 Å². The Hall–Kier alpha value is -1.21. The maximum atomic E-state index is 11.8. The smallest absolute Gasteiger partial charge is 0.240 e. The highest BCUT2D eigenvalue weighted by Gasteiger charge is 2.12. The van der Waals surface area contributed by atoms with Gasteiger partial charge in [-0.25, -0.2) is 13.1 Å². The van der Waals surface area contributed by atoms with Gasteiger partial charge in [0.15, 0.2) is 0 Å². The molecule has 0 radical (unpaired) electrons. The van der Waals surface area contributed by atoms with Crippen LogP contribution in [0.5, 0.6) is 0 Å². The van der Waals surface area contributed by atoms with Gasteiger partial charge in [-0.05, 0) is 17.7 Å². The molecule has 0 unspecified atom stereocenters. The third-order valence-electron chi connectivity index (χ3n) is 2.24. The normalized spacial score (nSPS) is 11.4. The first-order valence-electron chi connectivity index (χ1n) is 5.57. The highest BCUT2D eigenvalue weighted by atomic mass is 32.2. The van der Waals surface area contributed by atoms with Gasteiger partial charge in [-0.2, -0.15) is 0 Å². The lowest BCUT2D eigenvalue weighted by Gasteiger charge is -2.07. The second kappa shape index (κ2) is 7.27. The molecule has 1 rings (SSSR count). The van der Waals surface area contributed by atoms with Crippen LogP contribution in [-0.2, 0) is 21.3 Å². The van der Waals surface area contributed by atoms with Crippen LogP contribution in [0.1, 0.15) is 5.56 Å². The minimum atomic E-state index is -3.47. The first kappa shape index (κ1) is 14.8. The molecule has 6 heteroatoms. The summed E-state index contributed by atoms with van der Waals surface area (Å²) in [6.45, 7) is 4.84. The van der Waals surface area contributed by atoms with Crippen molar-refractivity contribution in [3.8, 4) is 0 Å². The Morgan fingerprint density at radius 2 is 2.00 bits per heavy atom. The van der Waals surface area contributed by atoms with Crippen LogP contribution < -0.4 is 10.5 Å². The average molecular weight is 270 g/mol. The fourth-order valence-corrected chi connectivity index (χ4v) is 2.32. The number of sulfonamides is 1. The molecule has 1 aromatic rings. The van der Waals surface area contributed by atoms with Crippen LogP contribution >= 0.6 is 0 Å². The monoisotopic (exact) mass is 270 g/mol. The molecule has 18 heavy (non-hydrogen) atoms. The summed E-state index contributed by atoms with van der Waals surface area (Å²) in [7, 11) is -3.47. The van der Waals surface area contributed by atoms with Gasteiger partial charge in [-0.15, -0.1) is 6.58 Å². The highest BCUT2D eigenvalue weighted by molar-refractivity contribution is 7.89. The van der Waals surface area contributed by atoms with Crippen molar-refractivity contribution in [2.24, 2.45) is 5.73 Å². The van der Waals surface area contributed by atoms with Crippen LogP contribution in [0.4, 0.5) is 0 Å². The molecule has 0 spiro atoms. The Labute approximate surface area is 108 Å². The summed E-state index contributed by atoms with van der Waals surface area (Å²) in [6, 6.07) is 6.47. The fourth-order valence-electron chi connectivity index (χ4n) is 1.30. The van der Waals surface area contributed by atoms with Gasteiger partial charge < -0.3 is 10.5 Å². The van der Waals surface area contributed by atoms with E-state index < -0.39 is 10.0 Å². The predicted octanol–water partition coefficient (Wildman–Crippen LogP) is 0.626. The van der Waals surface area contributed by atoms with Crippen LogP contribution in [0.25, 0.3) is 0 Å². The summed E-state index contributed by atoms with van der Waals surface area (Å²) in [5.74, 6) is 0. The first-order chi connectivity index (χ1) is 8.60. The van der Waals surface area contributed by atoms with Crippen LogP contribution in [0, 0.1) is 0 Å². The number of rotatable bonds is 8. The third-order valence-corrected chi connectivity index (χ3v) is 3.72. The number of ether oxygens (including phenoxy) is 1. The van der Waals surface area contributed by atoms with E-state index in [4.69, 9.17) is 10.5 Å². The topological polar surface area (TPSA) is 81.4 Å². The molecule has 0 heterocycles. The van der Waals surface area contributed by atoms with E-state index in [9.17, 15) is 8.42 Å². The quantitative estimate of drug-likeness (QED) is 0.536. The van der Waals surface area contributed by atoms with Crippen LogP contribution in [0.3, 0.4) is 0 Å². The van der Waals surface area contributed by atoms with Gasteiger partial charge in [-0.1, -0.05) is 18.2 Å². The van der Waals surface area contributed by atoms with Gasteiger partial charge in [0.25, 0.3) is 0 Å². The molecule has 0 bridgehead atoms. The zero-order valence-corrected chi connectivity index (χ0v) is 10.9. The Morgan fingerprint density at radius 1 is 1.33 bits per heavy atom. The minimum Gasteiger partial charge on any atom is -0.376 e. The van der Waals surface area contributed by atoms with E-state index in [0.717, 1.165) is 5.56 Å². The molecule has 0 saturated carbocycles. The molecule has 1 aromatic carbocycles. The lowest BCUT2D eigenvalue weighted by molar-refractivity contribution is 0.168. The molecule has 0 atom stereocenters. The minimum absolute atomic E-state index is 0.225. The predicted molar refractivity (Wildman–Crippen MR) is 70.5 cm³/mol. The van der Waals surface area contributed by atoms with Crippen molar-refractivity contribution in [2.75, 3.05) is 19.8 Å². The number of benzene rings is 1. The van der Waals surface area contributed by atoms with Gasteiger partial charge in [0.1, 0.15) is 0 Å². The molecular weight excluding hydrogens is 252 g/mol. The van der Waals surface area contributed by atoms with Crippen molar-refractivity contribution in [3.63, 3.8) is 0 Å². The van der Waals surface area contributed by atoms with Crippen molar-refractivity contribution in [2.45, 2.75) is 11.4 Å². The van der Waals surface area contributed by atoms with E-state index in [1.165, 1.54) is 12.1 Å². The zero-order chi connectivity index (χ0) is 13.4. The summed E-state index contributed by atoms with van der Waals surface area (Å²) < 4.78 is 31.2. The summed E-state index contributed by atoms with van der Waals surface area (Å²) in [5.41, 5.74) is 6.34. The Kier molecular flexibility index (Phi) is 6.00. The molecule has 0 saturated heterocycles. The third kappa shape index (κ3) is 4.58. The maximum absolute atomic E-state index is 11.8. The van der Waals surface area contributed by atoms with Crippen molar-refractivity contribution in [1.29, 1.82) is 0 Å². The highest BCUT2D eigenvalue weighted by Crippen LogP contribution is 2.09. The summed E-state index contributed by atoms with van der Waals surface area (Å²) in [4.78, 5) is 0.225. The second-order valence-electron chi connectivity index (χ2n) is 3.61. The van der Waals surface area contributed by atoms with Crippen molar-refractivity contribution in [3.05, 3.63) is 42.5 Å². The van der Waals surface area contributed by atoms with E-state index in [1.807, 2.05) is 0 Å². The molecule has 100 valence electrons. The van der Waals surface area contributed by atoms with Crippen molar-refractivity contribution in [1.82, 2.24) is 4.72 Å². The van der Waals surface area contributed by atoms with Gasteiger partial charge in [0.2, 0.25) is 10.0 Å². The van der Waals surface area contributed by atoms with Crippen LogP contribution in [0.15, 0.2) is 41.8 Å². The van der Waals surface area contributed by atoms with Crippen molar-refractivity contribution < 1.29 is 13.2 Å². The maximum Gasteiger partial charge on any atom is 0.240 e. The molecule has 0 fully saturated rings. The van der Waals surface area contributed by atoms with Gasteiger partial charge >= 0.3 is 0 Å². The molecular formula is C12H18N2O3S. The molecule has 0 aromatic heterocycles.